The number of nitrogens with one attached hydrogen (secondary N) is 2. The van der Waals surface area contributed by atoms with Crippen molar-refractivity contribution in [2.45, 2.75) is 19.0 Å². The molecule has 1 aromatic heterocycles. The van der Waals surface area contributed by atoms with Crippen molar-refractivity contribution in [3.05, 3.63) is 116 Å². The third-order valence-corrected chi connectivity index (χ3v) is 5.30. The summed E-state index contributed by atoms with van der Waals surface area (Å²) in [6, 6.07) is 23.1. The van der Waals surface area contributed by atoms with Crippen LogP contribution in [0.5, 0.6) is 0 Å². The van der Waals surface area contributed by atoms with Gasteiger partial charge in [0, 0.05) is 11.4 Å². The number of aromatic nitrogens is 2. The van der Waals surface area contributed by atoms with Crippen LogP contribution in [-0.2, 0) is 11.3 Å². The molecule has 0 saturated heterocycles. The highest BCUT2D eigenvalue weighted by atomic mass is 35.5. The second-order valence-corrected chi connectivity index (χ2v) is 7.60. The van der Waals surface area contributed by atoms with Gasteiger partial charge in [0.2, 0.25) is 5.91 Å². The Labute approximate surface area is 183 Å². The molecule has 4 aromatic rings. The summed E-state index contributed by atoms with van der Waals surface area (Å²) in [6.07, 6.45) is 0.0259. The fourth-order valence-corrected chi connectivity index (χ4v) is 3.74. The summed E-state index contributed by atoms with van der Waals surface area (Å²) in [5.74, 6) is -0.255. The molecule has 1 atom stereocenters. The van der Waals surface area contributed by atoms with Crippen LogP contribution < -0.4 is 16.4 Å². The first-order valence-corrected chi connectivity index (χ1v) is 10.2. The maximum absolute atomic E-state index is 12.8. The average molecular weight is 434 g/mol. The number of benzene rings is 3. The molecule has 0 fully saturated rings. The van der Waals surface area contributed by atoms with E-state index in [4.69, 9.17) is 11.6 Å². The van der Waals surface area contributed by atoms with E-state index in [1.54, 1.807) is 30.3 Å². The Morgan fingerprint density at radius 3 is 2.32 bits per heavy atom. The predicted octanol–water partition coefficient (Wildman–Crippen LogP) is 3.64. The number of aryl methyl sites for hydroxylation is 1. The summed E-state index contributed by atoms with van der Waals surface area (Å²) >= 11 is 6.15. The number of carbonyl (C=O) groups excluding carboxylic acids is 1. The monoisotopic (exact) mass is 433 g/mol. The topological polar surface area (TPSA) is 84.0 Å². The second kappa shape index (κ2) is 9.02. The molecule has 31 heavy (non-hydrogen) atoms. The van der Waals surface area contributed by atoms with E-state index in [9.17, 15) is 14.4 Å². The highest BCUT2D eigenvalue weighted by Crippen LogP contribution is 2.24. The van der Waals surface area contributed by atoms with Crippen LogP contribution in [0.15, 0.2) is 88.5 Å². The molecule has 3 aromatic carbocycles. The van der Waals surface area contributed by atoms with Crippen molar-refractivity contribution >= 4 is 28.3 Å². The molecule has 2 N–H and O–H groups in total. The zero-order valence-corrected chi connectivity index (χ0v) is 17.3. The number of fused-ring (bicyclic) bond motifs is 1. The minimum atomic E-state index is -0.389. The Kier molecular flexibility index (Phi) is 6.00. The molecule has 156 valence electrons. The SMILES string of the molecule is O=C(CCn1[nH]c(=O)c2ccccc2c1=O)NC(c1ccccc1)c1cccc(Cl)c1. The smallest absolute Gasteiger partial charge is 0.273 e. The van der Waals surface area contributed by atoms with Gasteiger partial charge in [-0.25, -0.2) is 4.68 Å². The third kappa shape index (κ3) is 4.59. The summed E-state index contributed by atoms with van der Waals surface area (Å²) in [7, 11) is 0. The van der Waals surface area contributed by atoms with E-state index >= 15 is 0 Å². The normalized spacial score (nSPS) is 11.9. The van der Waals surface area contributed by atoms with E-state index in [1.165, 1.54) is 4.68 Å². The molecule has 0 aliphatic carbocycles. The summed E-state index contributed by atoms with van der Waals surface area (Å²) < 4.78 is 1.18. The number of hydrogen-bond acceptors (Lipinski definition) is 3. The van der Waals surface area contributed by atoms with Crippen LogP contribution >= 0.6 is 11.6 Å². The van der Waals surface area contributed by atoms with Crippen molar-refractivity contribution in [3.63, 3.8) is 0 Å². The number of aromatic amines is 1. The maximum atomic E-state index is 12.8. The molecule has 4 rings (SSSR count). The van der Waals surface area contributed by atoms with Crippen LogP contribution in [0.3, 0.4) is 0 Å². The minimum absolute atomic E-state index is 0.0259. The molecule has 6 nitrogen and oxygen atoms in total. The molecule has 7 heteroatoms. The van der Waals surface area contributed by atoms with Crippen molar-refractivity contribution < 1.29 is 4.79 Å². The van der Waals surface area contributed by atoms with Crippen molar-refractivity contribution in [1.29, 1.82) is 0 Å². The lowest BCUT2D eigenvalue weighted by Crippen LogP contribution is -2.34. The van der Waals surface area contributed by atoms with Crippen LogP contribution in [0.2, 0.25) is 5.02 Å². The third-order valence-electron chi connectivity index (χ3n) is 5.07. The summed E-state index contributed by atoms with van der Waals surface area (Å²) in [5.41, 5.74) is 1.06. The fourth-order valence-electron chi connectivity index (χ4n) is 3.54. The Morgan fingerprint density at radius 2 is 1.58 bits per heavy atom. The lowest BCUT2D eigenvalue weighted by atomic mass is 9.98. The zero-order valence-electron chi connectivity index (χ0n) is 16.5. The number of nitrogens with zero attached hydrogens (tertiary/aromatic N) is 1. The largest absolute Gasteiger partial charge is 0.345 e. The van der Waals surface area contributed by atoms with Gasteiger partial charge < -0.3 is 5.32 Å². The van der Waals surface area contributed by atoms with Gasteiger partial charge >= 0.3 is 0 Å². The number of H-pyrrole nitrogens is 1. The minimum Gasteiger partial charge on any atom is -0.345 e. The molecule has 0 aliphatic rings. The van der Waals surface area contributed by atoms with E-state index in [0.29, 0.717) is 15.8 Å². The number of amides is 1. The Hall–Kier alpha value is -3.64. The maximum Gasteiger partial charge on any atom is 0.273 e. The van der Waals surface area contributed by atoms with Gasteiger partial charge in [0.15, 0.2) is 0 Å². The number of halogens is 1. The zero-order chi connectivity index (χ0) is 21.8. The van der Waals surface area contributed by atoms with Crippen LogP contribution in [0.25, 0.3) is 10.8 Å². The highest BCUT2D eigenvalue weighted by Gasteiger charge is 2.17. The molecule has 0 saturated carbocycles. The molecule has 0 spiro atoms. The molecule has 0 aliphatic heterocycles. The average Bonchev–Trinajstić information content (AvgIpc) is 2.79. The van der Waals surface area contributed by atoms with Gasteiger partial charge in [-0.05, 0) is 35.4 Å². The molecule has 1 unspecified atom stereocenters. The van der Waals surface area contributed by atoms with Crippen molar-refractivity contribution in [3.8, 4) is 0 Å². The van der Waals surface area contributed by atoms with E-state index in [1.807, 2.05) is 48.5 Å². The Bertz CT molecular complexity index is 1350. The quantitative estimate of drug-likeness (QED) is 0.487. The van der Waals surface area contributed by atoms with Crippen molar-refractivity contribution in [2.75, 3.05) is 0 Å². The first kappa shape index (κ1) is 20.6. The first-order chi connectivity index (χ1) is 15.0. The van der Waals surface area contributed by atoms with Gasteiger partial charge in [0.05, 0.1) is 23.4 Å². The van der Waals surface area contributed by atoms with E-state index in [0.717, 1.165) is 11.1 Å². The van der Waals surface area contributed by atoms with Crippen LogP contribution in [-0.4, -0.2) is 15.7 Å². The van der Waals surface area contributed by atoms with Gasteiger partial charge in [0.25, 0.3) is 11.1 Å². The second-order valence-electron chi connectivity index (χ2n) is 7.16. The van der Waals surface area contributed by atoms with Gasteiger partial charge in [-0.2, -0.15) is 0 Å². The first-order valence-electron chi connectivity index (χ1n) is 9.84. The van der Waals surface area contributed by atoms with Gasteiger partial charge in [0.1, 0.15) is 0 Å². The fraction of sp³-hybridized carbons (Fsp3) is 0.125. The van der Waals surface area contributed by atoms with Crippen molar-refractivity contribution in [2.24, 2.45) is 0 Å². The lowest BCUT2D eigenvalue weighted by Gasteiger charge is -2.20. The predicted molar refractivity (Wildman–Crippen MR) is 121 cm³/mol. The van der Waals surface area contributed by atoms with E-state index in [2.05, 4.69) is 10.4 Å². The van der Waals surface area contributed by atoms with Gasteiger partial charge in [-0.3, -0.25) is 19.5 Å². The molecule has 1 heterocycles. The van der Waals surface area contributed by atoms with E-state index < -0.39 is 0 Å². The molecular weight excluding hydrogens is 414 g/mol. The molecule has 0 bridgehead atoms. The molecular formula is C24H20ClN3O3. The number of carbonyl (C=O) groups is 1. The standard InChI is InChI=1S/C24H20ClN3O3/c25-18-10-6-9-17(15-18)22(16-7-2-1-3-8-16)26-21(29)13-14-28-24(31)20-12-5-4-11-19(20)23(30)27-28/h1-12,15,22H,13-14H2,(H,26,29)(H,27,30). The number of rotatable bonds is 6. The lowest BCUT2D eigenvalue weighted by molar-refractivity contribution is -0.121. The van der Waals surface area contributed by atoms with Crippen LogP contribution in [0, 0.1) is 0 Å². The summed E-state index contributed by atoms with van der Waals surface area (Å²) in [6.45, 7) is 0.0573. The van der Waals surface area contributed by atoms with Crippen LogP contribution in [0.1, 0.15) is 23.6 Å². The molecule has 1 amide bonds. The van der Waals surface area contributed by atoms with Crippen molar-refractivity contribution in [1.82, 2.24) is 15.1 Å². The number of hydrogen-bond donors (Lipinski definition) is 2. The van der Waals surface area contributed by atoms with E-state index in [-0.39, 0.29) is 36.0 Å². The van der Waals surface area contributed by atoms with Gasteiger partial charge in [-0.1, -0.05) is 66.2 Å². The Morgan fingerprint density at radius 1 is 0.903 bits per heavy atom. The molecule has 0 radical (unpaired) electrons. The summed E-state index contributed by atoms with van der Waals surface area (Å²) in [5, 5.41) is 6.80. The Balaban J connectivity index is 1.55. The van der Waals surface area contributed by atoms with Gasteiger partial charge in [-0.15, -0.1) is 0 Å². The highest BCUT2D eigenvalue weighted by molar-refractivity contribution is 6.30. The summed E-state index contributed by atoms with van der Waals surface area (Å²) in [4.78, 5) is 37.7. The van der Waals surface area contributed by atoms with Crippen LogP contribution in [0.4, 0.5) is 0 Å².